The lowest BCUT2D eigenvalue weighted by atomic mass is 9.97. The van der Waals surface area contributed by atoms with Crippen molar-refractivity contribution in [3.63, 3.8) is 0 Å². The lowest BCUT2D eigenvalue weighted by Gasteiger charge is -2.29. The fraction of sp³-hybridized carbons (Fsp3) is 0.474. The normalized spacial score (nSPS) is 15.6. The lowest BCUT2D eigenvalue weighted by Crippen LogP contribution is -2.39. The molecule has 0 radical (unpaired) electrons. The zero-order valence-corrected chi connectivity index (χ0v) is 14.9. The molecule has 0 atom stereocenters. The summed E-state index contributed by atoms with van der Waals surface area (Å²) in [5.41, 5.74) is 3.31. The molecule has 24 heavy (non-hydrogen) atoms. The highest BCUT2D eigenvalue weighted by Gasteiger charge is 2.26. The molecule has 0 aliphatic carbocycles. The highest BCUT2D eigenvalue weighted by atomic mass is 16.5. The molecule has 5 heteroatoms. The van der Waals surface area contributed by atoms with Gasteiger partial charge in [0, 0.05) is 38.9 Å². The Hall–Kier alpha value is -2.30. The molecular formula is C19H26N2O3. The first kappa shape index (κ1) is 18.0. The van der Waals surface area contributed by atoms with E-state index in [4.69, 9.17) is 4.74 Å². The quantitative estimate of drug-likeness (QED) is 0.629. The zero-order valence-electron chi connectivity index (χ0n) is 14.9. The molecule has 1 fully saturated rings. The van der Waals surface area contributed by atoms with Crippen molar-refractivity contribution < 1.29 is 14.3 Å². The topological polar surface area (TPSA) is 49.9 Å². The van der Waals surface area contributed by atoms with Gasteiger partial charge in [-0.2, -0.15) is 0 Å². The van der Waals surface area contributed by atoms with Crippen molar-refractivity contribution in [3.8, 4) is 0 Å². The number of nitrogens with zero attached hydrogens (tertiary/aromatic N) is 2. The summed E-state index contributed by atoms with van der Waals surface area (Å²) in [6, 6.07) is 6.17. The highest BCUT2D eigenvalue weighted by Crippen LogP contribution is 2.20. The minimum Gasteiger partial charge on any atom is -0.469 e. The minimum atomic E-state index is -0.172. The van der Waals surface area contributed by atoms with Crippen LogP contribution in [0, 0.1) is 12.8 Å². The molecular weight excluding hydrogens is 304 g/mol. The third-order valence-electron chi connectivity index (χ3n) is 4.52. The fourth-order valence-corrected chi connectivity index (χ4v) is 2.89. The van der Waals surface area contributed by atoms with E-state index in [-0.39, 0.29) is 17.8 Å². The highest BCUT2D eigenvalue weighted by molar-refractivity contribution is 5.92. The van der Waals surface area contributed by atoms with Crippen molar-refractivity contribution in [3.05, 3.63) is 35.4 Å². The largest absolute Gasteiger partial charge is 0.469 e. The molecule has 1 aliphatic heterocycles. The maximum absolute atomic E-state index is 12.3. The molecule has 0 unspecified atom stereocenters. The van der Waals surface area contributed by atoms with Crippen LogP contribution in [0.25, 0.3) is 6.08 Å². The van der Waals surface area contributed by atoms with Gasteiger partial charge in [-0.15, -0.1) is 0 Å². The maximum atomic E-state index is 12.3. The van der Waals surface area contributed by atoms with Crippen LogP contribution in [-0.2, 0) is 14.3 Å². The number of carbonyl (C=O) groups is 2. The smallest absolute Gasteiger partial charge is 0.308 e. The van der Waals surface area contributed by atoms with Crippen molar-refractivity contribution in [1.29, 1.82) is 0 Å². The molecule has 0 N–H and O–H groups in total. The monoisotopic (exact) mass is 330 g/mol. The average molecular weight is 330 g/mol. The van der Waals surface area contributed by atoms with Crippen LogP contribution in [0.2, 0.25) is 0 Å². The van der Waals surface area contributed by atoms with E-state index < -0.39 is 0 Å². The van der Waals surface area contributed by atoms with Crippen LogP contribution < -0.4 is 4.90 Å². The Morgan fingerprint density at radius 1 is 1.25 bits per heavy atom. The summed E-state index contributed by atoms with van der Waals surface area (Å²) in [7, 11) is 5.42. The molecule has 1 aromatic carbocycles. The van der Waals surface area contributed by atoms with Gasteiger partial charge < -0.3 is 14.5 Å². The molecule has 2 rings (SSSR count). The van der Waals surface area contributed by atoms with E-state index in [1.807, 2.05) is 39.2 Å². The number of methoxy groups -OCH3 is 1. The van der Waals surface area contributed by atoms with Gasteiger partial charge in [-0.1, -0.05) is 6.07 Å². The number of hydrogen-bond acceptors (Lipinski definition) is 4. The van der Waals surface area contributed by atoms with E-state index in [9.17, 15) is 9.59 Å². The Labute approximate surface area is 143 Å². The summed E-state index contributed by atoms with van der Waals surface area (Å²) in [4.78, 5) is 27.7. The third-order valence-corrected chi connectivity index (χ3v) is 4.52. The summed E-state index contributed by atoms with van der Waals surface area (Å²) < 4.78 is 4.77. The Morgan fingerprint density at radius 2 is 1.92 bits per heavy atom. The standard InChI is InChI=1S/C19H26N2O3/c1-14-13-17(20(2)3)7-5-15(14)6-8-18(22)21-11-9-16(10-12-21)19(23)24-4/h5-8,13,16H,9-12H2,1-4H3/b8-6+. The number of rotatable bonds is 4. The zero-order chi connectivity index (χ0) is 17.7. The molecule has 0 bridgehead atoms. The van der Waals surface area contributed by atoms with Crippen LogP contribution in [0.4, 0.5) is 5.69 Å². The molecule has 0 saturated carbocycles. The summed E-state index contributed by atoms with van der Waals surface area (Å²) in [5, 5.41) is 0. The van der Waals surface area contributed by atoms with Gasteiger partial charge in [-0.3, -0.25) is 9.59 Å². The first-order chi connectivity index (χ1) is 11.4. The summed E-state index contributed by atoms with van der Waals surface area (Å²) >= 11 is 0. The second kappa shape index (κ2) is 7.99. The Balaban J connectivity index is 1.95. The van der Waals surface area contributed by atoms with Gasteiger partial charge in [0.05, 0.1) is 13.0 Å². The van der Waals surface area contributed by atoms with E-state index in [0.717, 1.165) is 16.8 Å². The summed E-state index contributed by atoms with van der Waals surface area (Å²) in [5.74, 6) is -0.257. The van der Waals surface area contributed by atoms with E-state index in [2.05, 4.69) is 11.0 Å². The van der Waals surface area contributed by atoms with Crippen molar-refractivity contribution in [2.75, 3.05) is 39.2 Å². The van der Waals surface area contributed by atoms with Crippen molar-refractivity contribution >= 4 is 23.6 Å². The number of ether oxygens (including phenoxy) is 1. The van der Waals surface area contributed by atoms with Gasteiger partial charge in [-0.25, -0.2) is 0 Å². The van der Waals surface area contributed by atoms with Crippen LogP contribution in [0.15, 0.2) is 24.3 Å². The number of amides is 1. The van der Waals surface area contributed by atoms with Gasteiger partial charge in [-0.05, 0) is 49.1 Å². The van der Waals surface area contributed by atoms with Gasteiger partial charge >= 0.3 is 5.97 Å². The minimum absolute atomic E-state index is 0.00518. The van der Waals surface area contributed by atoms with Gasteiger partial charge in [0.15, 0.2) is 0 Å². The third kappa shape index (κ3) is 4.37. The van der Waals surface area contributed by atoms with E-state index in [0.29, 0.717) is 25.9 Å². The first-order valence-corrected chi connectivity index (χ1v) is 8.25. The van der Waals surface area contributed by atoms with Gasteiger partial charge in [0.25, 0.3) is 0 Å². The van der Waals surface area contributed by atoms with E-state index in [1.54, 1.807) is 11.0 Å². The number of hydrogen-bond donors (Lipinski definition) is 0. The van der Waals surface area contributed by atoms with Crippen LogP contribution in [0.5, 0.6) is 0 Å². The predicted octanol–water partition coefficient (Wildman–Crippen LogP) is 2.49. The maximum Gasteiger partial charge on any atom is 0.308 e. The summed E-state index contributed by atoms with van der Waals surface area (Å²) in [6.45, 7) is 3.24. The molecule has 0 aromatic heterocycles. The molecule has 1 saturated heterocycles. The number of aryl methyl sites for hydroxylation is 1. The summed E-state index contributed by atoms with van der Waals surface area (Å²) in [6.07, 6.45) is 4.82. The predicted molar refractivity (Wildman–Crippen MR) is 95.9 cm³/mol. The van der Waals surface area contributed by atoms with Crippen LogP contribution in [-0.4, -0.2) is 51.1 Å². The average Bonchev–Trinajstić information content (AvgIpc) is 2.59. The van der Waals surface area contributed by atoms with Crippen molar-refractivity contribution in [2.45, 2.75) is 19.8 Å². The molecule has 1 heterocycles. The van der Waals surface area contributed by atoms with Gasteiger partial charge in [0.2, 0.25) is 5.91 Å². The SMILES string of the molecule is COC(=O)C1CCN(C(=O)/C=C/c2ccc(N(C)C)cc2C)CC1. The molecule has 1 aliphatic rings. The van der Waals surface area contributed by atoms with Crippen LogP contribution in [0.3, 0.4) is 0 Å². The first-order valence-electron chi connectivity index (χ1n) is 8.25. The number of carbonyl (C=O) groups excluding carboxylic acids is 2. The number of benzene rings is 1. The van der Waals surface area contributed by atoms with E-state index >= 15 is 0 Å². The second-order valence-electron chi connectivity index (χ2n) is 6.39. The number of likely N-dealkylation sites (tertiary alicyclic amines) is 1. The van der Waals surface area contributed by atoms with E-state index in [1.165, 1.54) is 7.11 Å². The Bertz CT molecular complexity index is 629. The van der Waals surface area contributed by atoms with Crippen molar-refractivity contribution in [1.82, 2.24) is 4.90 Å². The number of piperidine rings is 1. The molecule has 1 aromatic rings. The van der Waals surface area contributed by atoms with Crippen LogP contribution in [0.1, 0.15) is 24.0 Å². The fourth-order valence-electron chi connectivity index (χ4n) is 2.89. The number of esters is 1. The second-order valence-corrected chi connectivity index (χ2v) is 6.39. The Kier molecular flexibility index (Phi) is 6.01. The van der Waals surface area contributed by atoms with Crippen molar-refractivity contribution in [2.24, 2.45) is 5.92 Å². The van der Waals surface area contributed by atoms with Crippen LogP contribution >= 0.6 is 0 Å². The molecule has 1 amide bonds. The molecule has 5 nitrogen and oxygen atoms in total. The molecule has 130 valence electrons. The molecule has 0 spiro atoms. The Morgan fingerprint density at radius 3 is 2.46 bits per heavy atom. The number of anilines is 1. The lowest BCUT2D eigenvalue weighted by molar-refractivity contribution is -0.148. The van der Waals surface area contributed by atoms with Gasteiger partial charge in [0.1, 0.15) is 0 Å².